The van der Waals surface area contributed by atoms with Crippen LogP contribution in [0.15, 0.2) is 0 Å². The predicted octanol–water partition coefficient (Wildman–Crippen LogP) is 2.54. The summed E-state index contributed by atoms with van der Waals surface area (Å²) in [6, 6.07) is 0. The van der Waals surface area contributed by atoms with Gasteiger partial charge in [0.05, 0.1) is 13.2 Å². The van der Waals surface area contributed by atoms with Crippen LogP contribution in [-0.2, 0) is 4.74 Å². The van der Waals surface area contributed by atoms with Gasteiger partial charge < -0.3 is 9.64 Å². The van der Waals surface area contributed by atoms with Crippen LogP contribution in [0.5, 0.6) is 0 Å². The third-order valence-corrected chi connectivity index (χ3v) is 4.42. The number of hydrogen-bond acceptors (Lipinski definition) is 2. The molecular formula is C13H25NO. The molecular weight excluding hydrogens is 186 g/mol. The van der Waals surface area contributed by atoms with Gasteiger partial charge in [-0.15, -0.1) is 0 Å². The van der Waals surface area contributed by atoms with Crippen molar-refractivity contribution in [2.24, 2.45) is 10.8 Å². The highest BCUT2D eigenvalue weighted by Crippen LogP contribution is 2.36. The normalized spacial score (nSPS) is 29.8. The average molecular weight is 211 g/mol. The molecule has 2 heteroatoms. The minimum atomic E-state index is 0.458. The van der Waals surface area contributed by atoms with Crippen molar-refractivity contribution >= 4 is 0 Å². The van der Waals surface area contributed by atoms with Crippen LogP contribution in [0.4, 0.5) is 0 Å². The van der Waals surface area contributed by atoms with Crippen molar-refractivity contribution in [1.29, 1.82) is 0 Å². The molecule has 2 heterocycles. The molecule has 2 fully saturated rings. The van der Waals surface area contributed by atoms with E-state index in [-0.39, 0.29) is 0 Å². The Kier molecular flexibility index (Phi) is 3.09. The van der Waals surface area contributed by atoms with Crippen LogP contribution in [-0.4, -0.2) is 37.7 Å². The molecule has 0 atom stereocenters. The largest absolute Gasteiger partial charge is 0.380 e. The molecule has 2 rings (SSSR count). The maximum atomic E-state index is 5.31. The van der Waals surface area contributed by atoms with E-state index in [1.807, 2.05) is 0 Å². The number of ether oxygens (including phenoxy) is 1. The molecule has 0 N–H and O–H groups in total. The first-order valence-electron chi connectivity index (χ1n) is 6.35. The van der Waals surface area contributed by atoms with Crippen molar-refractivity contribution in [3.8, 4) is 0 Å². The van der Waals surface area contributed by atoms with Gasteiger partial charge in [-0.3, -0.25) is 0 Å². The van der Waals surface area contributed by atoms with Gasteiger partial charge in [0, 0.05) is 12.0 Å². The first-order valence-corrected chi connectivity index (χ1v) is 6.35. The fourth-order valence-electron chi connectivity index (χ4n) is 2.69. The number of hydrogen-bond donors (Lipinski definition) is 0. The second-order valence-electron chi connectivity index (χ2n) is 6.24. The second-order valence-corrected chi connectivity index (χ2v) is 6.24. The summed E-state index contributed by atoms with van der Waals surface area (Å²) >= 11 is 0. The van der Waals surface area contributed by atoms with Crippen molar-refractivity contribution in [1.82, 2.24) is 4.90 Å². The van der Waals surface area contributed by atoms with Crippen molar-refractivity contribution in [3.63, 3.8) is 0 Å². The third kappa shape index (κ3) is 2.54. The molecule has 0 aromatic carbocycles. The number of nitrogens with zero attached hydrogens (tertiary/aromatic N) is 1. The van der Waals surface area contributed by atoms with Gasteiger partial charge in [0.1, 0.15) is 0 Å². The van der Waals surface area contributed by atoms with Crippen molar-refractivity contribution in [2.45, 2.75) is 40.0 Å². The lowest BCUT2D eigenvalue weighted by molar-refractivity contribution is -0.119. The van der Waals surface area contributed by atoms with E-state index in [2.05, 4.69) is 25.7 Å². The SMILES string of the molecule is CCC1(C)CCN(CC2(C)COC2)CC1. The Labute approximate surface area is 94.0 Å². The minimum Gasteiger partial charge on any atom is -0.380 e. The highest BCUT2D eigenvalue weighted by molar-refractivity contribution is 4.88. The Morgan fingerprint density at radius 2 is 1.67 bits per heavy atom. The molecule has 2 nitrogen and oxygen atoms in total. The minimum absolute atomic E-state index is 0.458. The Morgan fingerprint density at radius 3 is 2.07 bits per heavy atom. The van der Waals surface area contributed by atoms with E-state index in [0.29, 0.717) is 10.8 Å². The fraction of sp³-hybridized carbons (Fsp3) is 1.00. The van der Waals surface area contributed by atoms with Crippen molar-refractivity contribution in [2.75, 3.05) is 32.8 Å². The zero-order valence-corrected chi connectivity index (χ0v) is 10.5. The molecule has 0 aromatic heterocycles. The van der Waals surface area contributed by atoms with Crippen LogP contribution < -0.4 is 0 Å². The zero-order chi connectivity index (χ0) is 10.9. The molecule has 0 saturated carbocycles. The van der Waals surface area contributed by atoms with E-state index in [9.17, 15) is 0 Å². The summed E-state index contributed by atoms with van der Waals surface area (Å²) in [5.41, 5.74) is 1.08. The molecule has 2 saturated heterocycles. The molecule has 0 unspecified atom stereocenters. The summed E-state index contributed by atoms with van der Waals surface area (Å²) in [7, 11) is 0. The van der Waals surface area contributed by atoms with Crippen LogP contribution in [0.25, 0.3) is 0 Å². The molecule has 88 valence electrons. The molecule has 15 heavy (non-hydrogen) atoms. The van der Waals surface area contributed by atoms with Gasteiger partial charge in [-0.05, 0) is 31.3 Å². The summed E-state index contributed by atoms with van der Waals surface area (Å²) < 4.78 is 5.31. The van der Waals surface area contributed by atoms with Gasteiger partial charge in [-0.1, -0.05) is 27.2 Å². The quantitative estimate of drug-likeness (QED) is 0.711. The second kappa shape index (κ2) is 4.06. The first kappa shape index (κ1) is 11.4. The Balaban J connectivity index is 1.78. The molecule has 2 aliphatic heterocycles. The van der Waals surface area contributed by atoms with Gasteiger partial charge in [0.15, 0.2) is 0 Å². The first-order chi connectivity index (χ1) is 7.05. The van der Waals surface area contributed by atoms with E-state index in [1.54, 1.807) is 0 Å². The van der Waals surface area contributed by atoms with Crippen LogP contribution in [0, 0.1) is 10.8 Å². The highest BCUT2D eigenvalue weighted by atomic mass is 16.5. The molecule has 0 amide bonds. The van der Waals surface area contributed by atoms with Gasteiger partial charge in [-0.25, -0.2) is 0 Å². The Bertz CT molecular complexity index is 215. The van der Waals surface area contributed by atoms with Gasteiger partial charge >= 0.3 is 0 Å². The number of likely N-dealkylation sites (tertiary alicyclic amines) is 1. The standard InChI is InChI=1S/C13H25NO/c1-4-12(2)5-7-14(8-6-12)9-13(3)10-15-11-13/h4-11H2,1-3H3. The molecule has 0 bridgehead atoms. The number of piperidine rings is 1. The summed E-state index contributed by atoms with van der Waals surface area (Å²) in [4.78, 5) is 2.64. The third-order valence-electron chi connectivity index (χ3n) is 4.42. The molecule has 0 aliphatic carbocycles. The van der Waals surface area contributed by atoms with Crippen LogP contribution in [0.3, 0.4) is 0 Å². The van der Waals surface area contributed by atoms with Crippen molar-refractivity contribution < 1.29 is 4.74 Å². The fourth-order valence-corrected chi connectivity index (χ4v) is 2.69. The van der Waals surface area contributed by atoms with E-state index < -0.39 is 0 Å². The lowest BCUT2D eigenvalue weighted by Gasteiger charge is -2.45. The van der Waals surface area contributed by atoms with Gasteiger partial charge in [-0.2, -0.15) is 0 Å². The maximum Gasteiger partial charge on any atom is 0.0554 e. The van der Waals surface area contributed by atoms with Crippen molar-refractivity contribution in [3.05, 3.63) is 0 Å². The smallest absolute Gasteiger partial charge is 0.0554 e. The monoisotopic (exact) mass is 211 g/mol. The summed E-state index contributed by atoms with van der Waals surface area (Å²) in [6.07, 6.45) is 4.09. The topological polar surface area (TPSA) is 12.5 Å². The summed E-state index contributed by atoms with van der Waals surface area (Å²) in [5, 5.41) is 0. The Morgan fingerprint density at radius 1 is 1.07 bits per heavy atom. The van der Waals surface area contributed by atoms with E-state index in [4.69, 9.17) is 4.74 Å². The molecule has 0 aromatic rings. The molecule has 0 radical (unpaired) electrons. The molecule has 2 aliphatic rings. The summed E-state index contributed by atoms with van der Waals surface area (Å²) in [6.45, 7) is 12.9. The zero-order valence-electron chi connectivity index (χ0n) is 10.5. The maximum absolute atomic E-state index is 5.31. The van der Waals surface area contributed by atoms with Gasteiger partial charge in [0.2, 0.25) is 0 Å². The summed E-state index contributed by atoms with van der Waals surface area (Å²) in [5.74, 6) is 0. The molecule has 0 spiro atoms. The predicted molar refractivity (Wildman–Crippen MR) is 63.0 cm³/mol. The van der Waals surface area contributed by atoms with E-state index in [0.717, 1.165) is 13.2 Å². The van der Waals surface area contributed by atoms with Gasteiger partial charge in [0.25, 0.3) is 0 Å². The van der Waals surface area contributed by atoms with E-state index >= 15 is 0 Å². The Hall–Kier alpha value is -0.0800. The highest BCUT2D eigenvalue weighted by Gasteiger charge is 2.37. The average Bonchev–Trinajstić information content (AvgIpc) is 2.20. The number of rotatable bonds is 3. The van der Waals surface area contributed by atoms with E-state index in [1.165, 1.54) is 38.9 Å². The van der Waals surface area contributed by atoms with Crippen LogP contribution >= 0.6 is 0 Å². The van der Waals surface area contributed by atoms with Crippen LogP contribution in [0.1, 0.15) is 40.0 Å². The lowest BCUT2D eigenvalue weighted by atomic mass is 9.77. The van der Waals surface area contributed by atoms with Crippen LogP contribution in [0.2, 0.25) is 0 Å². The lowest BCUT2D eigenvalue weighted by Crippen LogP contribution is -2.51.